The Balaban J connectivity index is 1.51. The smallest absolute Gasteiger partial charge is 0.322 e. The lowest BCUT2D eigenvalue weighted by atomic mass is 9.77. The van der Waals surface area contributed by atoms with Crippen LogP contribution in [0.3, 0.4) is 0 Å². The van der Waals surface area contributed by atoms with Crippen molar-refractivity contribution in [2.75, 3.05) is 0 Å². The topological polar surface area (TPSA) is 100 Å². The number of benzene rings is 1. The monoisotopic (exact) mass is 370 g/mol. The van der Waals surface area contributed by atoms with Gasteiger partial charge in [-0.1, -0.05) is 25.0 Å². The predicted octanol–water partition coefficient (Wildman–Crippen LogP) is 2.06. The van der Waals surface area contributed by atoms with Crippen molar-refractivity contribution in [1.29, 1.82) is 0 Å². The van der Waals surface area contributed by atoms with Crippen LogP contribution in [0.4, 0.5) is 4.79 Å². The van der Waals surface area contributed by atoms with Gasteiger partial charge in [0.25, 0.3) is 11.8 Å². The Bertz CT molecular complexity index is 850. The summed E-state index contributed by atoms with van der Waals surface area (Å²) in [7, 11) is 0. The van der Waals surface area contributed by atoms with Crippen molar-refractivity contribution >= 4 is 29.2 Å². The highest BCUT2D eigenvalue weighted by Gasteiger charge is 2.53. The number of nitrogens with zero attached hydrogens (tertiary/aromatic N) is 1. The van der Waals surface area contributed by atoms with Crippen molar-refractivity contribution in [2.45, 2.75) is 37.3 Å². The highest BCUT2D eigenvalue weighted by atomic mass is 32.1. The zero-order valence-corrected chi connectivity index (χ0v) is 14.8. The molecule has 1 aliphatic carbocycles. The summed E-state index contributed by atoms with van der Waals surface area (Å²) in [5.41, 5.74) is 3.05. The summed E-state index contributed by atoms with van der Waals surface area (Å²) in [5.74, 6) is -0.610. The first-order valence-electron chi connectivity index (χ1n) is 8.51. The van der Waals surface area contributed by atoms with Crippen molar-refractivity contribution in [1.82, 2.24) is 20.9 Å². The molecular weight excluding hydrogens is 352 g/mol. The molecule has 3 N–H and O–H groups in total. The minimum absolute atomic E-state index is 0.255. The van der Waals surface area contributed by atoms with Crippen LogP contribution in [-0.2, 0) is 4.79 Å². The summed E-state index contributed by atoms with van der Waals surface area (Å²) in [5, 5.41) is 9.92. The van der Waals surface area contributed by atoms with E-state index < -0.39 is 17.6 Å². The van der Waals surface area contributed by atoms with Gasteiger partial charge in [0.15, 0.2) is 0 Å². The Labute approximate surface area is 154 Å². The molecule has 7 nitrogen and oxygen atoms in total. The Morgan fingerprint density at radius 1 is 1.23 bits per heavy atom. The highest BCUT2D eigenvalue weighted by Crippen LogP contribution is 2.31. The lowest BCUT2D eigenvalue weighted by molar-refractivity contribution is -0.125. The lowest BCUT2D eigenvalue weighted by Crippen LogP contribution is -2.63. The molecule has 4 amide bonds. The Kier molecular flexibility index (Phi) is 4.20. The van der Waals surface area contributed by atoms with E-state index >= 15 is 0 Å². The average Bonchev–Trinajstić information content (AvgIpc) is 3.26. The van der Waals surface area contributed by atoms with Gasteiger partial charge in [-0.2, -0.15) is 0 Å². The number of hydrogen-bond donors (Lipinski definition) is 3. The van der Waals surface area contributed by atoms with Gasteiger partial charge in [-0.25, -0.2) is 9.78 Å². The fourth-order valence-electron chi connectivity index (χ4n) is 3.68. The van der Waals surface area contributed by atoms with E-state index in [2.05, 4.69) is 20.9 Å². The van der Waals surface area contributed by atoms with Crippen LogP contribution in [0.25, 0.3) is 11.3 Å². The first-order valence-corrected chi connectivity index (χ1v) is 9.46. The van der Waals surface area contributed by atoms with Crippen LogP contribution in [0.1, 0.15) is 36.0 Å². The van der Waals surface area contributed by atoms with E-state index in [1.165, 1.54) is 11.3 Å². The zero-order valence-electron chi connectivity index (χ0n) is 14.0. The van der Waals surface area contributed by atoms with Gasteiger partial charge < -0.3 is 10.6 Å². The molecule has 1 saturated carbocycles. The number of amides is 4. The third-order valence-electron chi connectivity index (χ3n) is 5.06. The number of urea groups is 1. The van der Waals surface area contributed by atoms with Gasteiger partial charge in [-0.05, 0) is 25.0 Å². The number of thiazole rings is 1. The number of aromatic nitrogens is 1. The maximum absolute atomic E-state index is 12.7. The molecule has 134 valence electrons. The molecule has 26 heavy (non-hydrogen) atoms. The van der Waals surface area contributed by atoms with Crippen molar-refractivity contribution in [3.05, 3.63) is 40.7 Å². The van der Waals surface area contributed by atoms with Gasteiger partial charge in [0, 0.05) is 16.5 Å². The molecule has 4 rings (SSSR count). The van der Waals surface area contributed by atoms with E-state index in [1.807, 2.05) is 17.5 Å². The SMILES string of the molecule is O=C1NC(=O)C2(CCCCC2NC(=O)c2ccc(-c3cscn3)cc2)N1. The maximum Gasteiger partial charge on any atom is 0.322 e. The number of carbonyl (C=O) groups excluding carboxylic acids is 3. The van der Waals surface area contributed by atoms with Gasteiger partial charge in [0.2, 0.25) is 0 Å². The second kappa shape index (κ2) is 6.53. The van der Waals surface area contributed by atoms with Gasteiger partial charge in [0.1, 0.15) is 5.54 Å². The number of nitrogens with one attached hydrogen (secondary N) is 3. The van der Waals surface area contributed by atoms with E-state index in [-0.39, 0.29) is 11.8 Å². The Morgan fingerprint density at radius 2 is 2.04 bits per heavy atom. The molecule has 2 fully saturated rings. The molecular formula is C18H18N4O3S. The van der Waals surface area contributed by atoms with Crippen LogP contribution in [0.5, 0.6) is 0 Å². The predicted molar refractivity (Wildman–Crippen MR) is 96.7 cm³/mol. The number of hydrogen-bond acceptors (Lipinski definition) is 5. The van der Waals surface area contributed by atoms with Crippen LogP contribution in [0.2, 0.25) is 0 Å². The quantitative estimate of drug-likeness (QED) is 0.720. The minimum Gasteiger partial charge on any atom is -0.346 e. The van der Waals surface area contributed by atoms with Crippen LogP contribution >= 0.6 is 11.3 Å². The Morgan fingerprint density at radius 3 is 2.69 bits per heavy atom. The van der Waals surface area contributed by atoms with E-state index in [0.717, 1.165) is 24.1 Å². The summed E-state index contributed by atoms with van der Waals surface area (Å²) >= 11 is 1.52. The molecule has 2 atom stereocenters. The number of carbonyl (C=O) groups is 3. The van der Waals surface area contributed by atoms with E-state index in [1.54, 1.807) is 17.6 Å². The first kappa shape index (κ1) is 16.7. The van der Waals surface area contributed by atoms with Crippen molar-refractivity contribution in [2.24, 2.45) is 0 Å². The van der Waals surface area contributed by atoms with Crippen LogP contribution in [-0.4, -0.2) is 34.4 Å². The second-order valence-corrected chi connectivity index (χ2v) is 7.32. The first-order chi connectivity index (χ1) is 12.6. The van der Waals surface area contributed by atoms with E-state index in [0.29, 0.717) is 18.4 Å². The standard InChI is InChI=1S/C18H18N4O3S/c23-15(12-6-4-11(5-7-12)13-9-26-10-19-13)20-14-3-1-2-8-18(14)16(24)21-17(25)22-18/h4-7,9-10,14H,1-3,8H2,(H,20,23)(H2,21,22,24,25). The van der Waals surface area contributed by atoms with Crippen LogP contribution < -0.4 is 16.0 Å². The summed E-state index contributed by atoms with van der Waals surface area (Å²) < 4.78 is 0. The zero-order chi connectivity index (χ0) is 18.1. The molecule has 1 spiro atoms. The van der Waals surface area contributed by atoms with Crippen molar-refractivity contribution in [3.63, 3.8) is 0 Å². The average molecular weight is 370 g/mol. The van der Waals surface area contributed by atoms with E-state index in [9.17, 15) is 14.4 Å². The minimum atomic E-state index is -1.04. The molecule has 0 radical (unpaired) electrons. The third-order valence-corrected chi connectivity index (χ3v) is 5.64. The molecule has 1 aliphatic heterocycles. The van der Waals surface area contributed by atoms with Gasteiger partial charge in [0.05, 0.1) is 17.2 Å². The molecule has 1 aromatic heterocycles. The van der Waals surface area contributed by atoms with E-state index in [4.69, 9.17) is 0 Å². The van der Waals surface area contributed by atoms with Gasteiger partial charge in [-0.15, -0.1) is 11.3 Å². The summed E-state index contributed by atoms with van der Waals surface area (Å²) in [6.07, 6.45) is 2.91. The Hall–Kier alpha value is -2.74. The van der Waals surface area contributed by atoms with Crippen LogP contribution in [0.15, 0.2) is 35.2 Å². The molecule has 1 aromatic carbocycles. The molecule has 2 unspecified atom stereocenters. The fourth-order valence-corrected chi connectivity index (χ4v) is 4.25. The normalized spacial score (nSPS) is 25.0. The van der Waals surface area contributed by atoms with Crippen LogP contribution in [0, 0.1) is 0 Å². The summed E-state index contributed by atoms with van der Waals surface area (Å²) in [6.45, 7) is 0. The lowest BCUT2D eigenvalue weighted by Gasteiger charge is -2.38. The highest BCUT2D eigenvalue weighted by molar-refractivity contribution is 7.07. The molecule has 2 aromatic rings. The second-order valence-electron chi connectivity index (χ2n) is 6.60. The molecule has 1 saturated heterocycles. The van der Waals surface area contributed by atoms with Crippen molar-refractivity contribution < 1.29 is 14.4 Å². The third kappa shape index (κ3) is 2.86. The largest absolute Gasteiger partial charge is 0.346 e. The summed E-state index contributed by atoms with van der Waals surface area (Å²) in [4.78, 5) is 40.9. The maximum atomic E-state index is 12.7. The molecule has 2 heterocycles. The number of imide groups is 1. The van der Waals surface area contributed by atoms with Gasteiger partial charge in [-0.3, -0.25) is 14.9 Å². The molecule has 8 heteroatoms. The number of rotatable bonds is 3. The fraction of sp³-hybridized carbons (Fsp3) is 0.333. The van der Waals surface area contributed by atoms with Gasteiger partial charge >= 0.3 is 6.03 Å². The summed E-state index contributed by atoms with van der Waals surface area (Å²) in [6, 6.07) is 6.27. The molecule has 0 bridgehead atoms. The molecule has 2 aliphatic rings. The van der Waals surface area contributed by atoms with Crippen molar-refractivity contribution in [3.8, 4) is 11.3 Å².